The molecule has 3 aromatic rings. The number of rotatable bonds is 6. The minimum absolute atomic E-state index is 0.00705. The van der Waals surface area contributed by atoms with E-state index < -0.39 is 20.0 Å². The summed E-state index contributed by atoms with van der Waals surface area (Å²) in [5.41, 5.74) is 0.645. The third-order valence-corrected chi connectivity index (χ3v) is 10.7. The van der Waals surface area contributed by atoms with E-state index in [4.69, 9.17) is 4.43 Å². The van der Waals surface area contributed by atoms with Gasteiger partial charge >= 0.3 is 0 Å². The Kier molecular flexibility index (Phi) is 6.58. The number of halogens is 2. The summed E-state index contributed by atoms with van der Waals surface area (Å²) in [6, 6.07) is 23.1. The van der Waals surface area contributed by atoms with Crippen LogP contribution in [0.3, 0.4) is 0 Å². The summed E-state index contributed by atoms with van der Waals surface area (Å²) in [4.78, 5) is 0. The number of hydrogen-bond donors (Lipinski definition) is 0. The zero-order valence-electron chi connectivity index (χ0n) is 18.4. The number of benzene rings is 3. The molecule has 0 heterocycles. The van der Waals surface area contributed by atoms with Crippen LogP contribution in [0, 0.1) is 11.6 Å². The summed E-state index contributed by atoms with van der Waals surface area (Å²) in [6.45, 7) is 10.2. The van der Waals surface area contributed by atoms with Gasteiger partial charge in [-0.2, -0.15) is 0 Å². The monoisotopic (exact) mass is 424 g/mol. The van der Waals surface area contributed by atoms with Crippen LogP contribution >= 0.6 is 0 Å². The highest BCUT2D eigenvalue weighted by Gasteiger charge is 2.50. The van der Waals surface area contributed by atoms with Gasteiger partial charge in [0.05, 0.1) is 6.61 Å². The summed E-state index contributed by atoms with van der Waals surface area (Å²) < 4.78 is 36.4. The normalized spacial score (nSPS) is 12.4. The van der Waals surface area contributed by atoms with Crippen molar-refractivity contribution in [3.63, 3.8) is 0 Å². The molecule has 0 saturated heterocycles. The molecule has 1 nitrogen and oxygen atoms in total. The second-order valence-electron chi connectivity index (χ2n) is 9.07. The molecule has 0 aliphatic rings. The van der Waals surface area contributed by atoms with Crippen molar-refractivity contribution in [2.24, 2.45) is 0 Å². The first-order valence-corrected chi connectivity index (χ1v) is 12.3. The van der Waals surface area contributed by atoms with Gasteiger partial charge in [-0.25, -0.2) is 8.78 Å². The molecule has 0 aromatic heterocycles. The molecule has 30 heavy (non-hydrogen) atoms. The van der Waals surface area contributed by atoms with Crippen LogP contribution in [-0.4, -0.2) is 8.32 Å². The van der Waals surface area contributed by atoms with Crippen molar-refractivity contribution in [3.05, 3.63) is 95.6 Å². The van der Waals surface area contributed by atoms with E-state index in [0.717, 1.165) is 10.4 Å². The lowest BCUT2D eigenvalue weighted by molar-refractivity contribution is 0.274. The van der Waals surface area contributed by atoms with Crippen molar-refractivity contribution < 1.29 is 13.2 Å². The van der Waals surface area contributed by atoms with E-state index in [1.165, 1.54) is 12.1 Å². The summed E-state index contributed by atoms with van der Waals surface area (Å²) in [7, 11) is -2.85. The van der Waals surface area contributed by atoms with Crippen LogP contribution in [0.5, 0.6) is 0 Å². The van der Waals surface area contributed by atoms with Gasteiger partial charge in [-0.05, 0) is 39.0 Å². The molecule has 0 atom stereocenters. The Bertz CT molecular complexity index is 916. The van der Waals surface area contributed by atoms with Crippen LogP contribution < -0.4 is 10.4 Å². The average molecular weight is 425 g/mol. The SMILES string of the molecule is CC(C)c1cc(F)c(CO[Si](c2ccccc2)(c2ccccc2)C(C)(C)C)c(F)c1. The second-order valence-corrected chi connectivity index (χ2v) is 13.4. The summed E-state index contributed by atoms with van der Waals surface area (Å²) >= 11 is 0. The molecule has 158 valence electrons. The molecule has 0 fully saturated rings. The Hall–Kier alpha value is -2.30. The van der Waals surface area contributed by atoms with Gasteiger partial charge < -0.3 is 4.43 Å². The predicted molar refractivity (Wildman–Crippen MR) is 123 cm³/mol. The maximum absolute atomic E-state index is 14.8. The Balaban J connectivity index is 2.11. The van der Waals surface area contributed by atoms with Crippen molar-refractivity contribution >= 4 is 18.7 Å². The predicted octanol–water partition coefficient (Wildman–Crippen LogP) is 6.16. The first-order valence-electron chi connectivity index (χ1n) is 10.4. The maximum atomic E-state index is 14.8. The van der Waals surface area contributed by atoms with Gasteiger partial charge in [0.2, 0.25) is 0 Å². The topological polar surface area (TPSA) is 9.23 Å². The molecule has 0 bridgehead atoms. The van der Waals surface area contributed by atoms with Crippen LogP contribution in [0.4, 0.5) is 8.78 Å². The Morgan fingerprint density at radius 1 is 0.800 bits per heavy atom. The fourth-order valence-electron chi connectivity index (χ4n) is 4.04. The van der Waals surface area contributed by atoms with Crippen molar-refractivity contribution in [2.45, 2.75) is 52.2 Å². The molecule has 0 saturated carbocycles. The maximum Gasteiger partial charge on any atom is 0.261 e. The lowest BCUT2D eigenvalue weighted by Crippen LogP contribution is -2.66. The highest BCUT2D eigenvalue weighted by atomic mass is 28.4. The molecular formula is C26H30F2OSi. The minimum Gasteiger partial charge on any atom is -0.403 e. The van der Waals surface area contributed by atoms with Crippen LogP contribution in [0.25, 0.3) is 0 Å². The first kappa shape index (κ1) is 22.4. The smallest absolute Gasteiger partial charge is 0.261 e. The zero-order chi connectivity index (χ0) is 21.9. The Morgan fingerprint density at radius 3 is 1.60 bits per heavy atom. The molecule has 0 N–H and O–H groups in total. The summed E-state index contributed by atoms with van der Waals surface area (Å²) in [6.07, 6.45) is 0. The fraction of sp³-hybridized carbons (Fsp3) is 0.308. The van der Waals surface area contributed by atoms with Gasteiger partial charge in [0, 0.05) is 5.56 Å². The molecule has 0 amide bonds. The summed E-state index contributed by atoms with van der Waals surface area (Å²) in [5, 5.41) is 1.92. The van der Waals surface area contributed by atoms with Gasteiger partial charge in [0.15, 0.2) is 0 Å². The first-order chi connectivity index (χ1) is 14.2. The van der Waals surface area contributed by atoms with Gasteiger partial charge in [-0.3, -0.25) is 0 Å². The quantitative estimate of drug-likeness (QED) is 0.430. The van der Waals surface area contributed by atoms with Crippen molar-refractivity contribution in [3.8, 4) is 0 Å². The molecule has 0 unspecified atom stereocenters. The standard InChI is InChI=1S/C26H30F2OSi/c1-19(2)20-16-24(27)23(25(28)17-20)18-29-30(26(3,4)5,21-12-8-6-9-13-21)22-14-10-7-11-15-22/h6-17,19H,18H2,1-5H3. The number of hydrogen-bond acceptors (Lipinski definition) is 1. The van der Waals surface area contributed by atoms with Gasteiger partial charge in [-0.15, -0.1) is 0 Å². The molecule has 0 radical (unpaired) electrons. The third kappa shape index (κ3) is 4.25. The van der Waals surface area contributed by atoms with E-state index in [1.807, 2.05) is 50.2 Å². The van der Waals surface area contributed by atoms with Gasteiger partial charge in [0.25, 0.3) is 8.32 Å². The highest BCUT2D eigenvalue weighted by Crippen LogP contribution is 2.37. The van der Waals surface area contributed by atoms with E-state index in [-0.39, 0.29) is 23.1 Å². The van der Waals surface area contributed by atoms with Gasteiger partial charge in [0.1, 0.15) is 11.6 Å². The third-order valence-electron chi connectivity index (χ3n) is 5.68. The average Bonchev–Trinajstić information content (AvgIpc) is 2.70. The fourth-order valence-corrected chi connectivity index (χ4v) is 8.55. The lowest BCUT2D eigenvalue weighted by Gasteiger charge is -2.43. The van der Waals surface area contributed by atoms with E-state index in [1.54, 1.807) is 0 Å². The van der Waals surface area contributed by atoms with Crippen LogP contribution in [0.2, 0.25) is 5.04 Å². The summed E-state index contributed by atoms with van der Waals surface area (Å²) in [5.74, 6) is -1.03. The molecule has 0 aliphatic heterocycles. The van der Waals surface area contributed by atoms with E-state index in [9.17, 15) is 8.78 Å². The molecular weight excluding hydrogens is 394 g/mol. The largest absolute Gasteiger partial charge is 0.403 e. The minimum atomic E-state index is -2.85. The lowest BCUT2D eigenvalue weighted by atomic mass is 10.0. The van der Waals surface area contributed by atoms with Gasteiger partial charge in [-0.1, -0.05) is 95.3 Å². The Labute approximate surface area is 179 Å². The highest BCUT2D eigenvalue weighted by molar-refractivity contribution is 6.99. The molecule has 0 aliphatic carbocycles. The second kappa shape index (κ2) is 8.82. The van der Waals surface area contributed by atoms with Crippen molar-refractivity contribution in [1.82, 2.24) is 0 Å². The van der Waals surface area contributed by atoms with E-state index in [2.05, 4.69) is 45.0 Å². The zero-order valence-corrected chi connectivity index (χ0v) is 19.4. The van der Waals surface area contributed by atoms with E-state index in [0.29, 0.717) is 5.56 Å². The Morgan fingerprint density at radius 2 is 1.23 bits per heavy atom. The van der Waals surface area contributed by atoms with Crippen LogP contribution in [0.15, 0.2) is 72.8 Å². The van der Waals surface area contributed by atoms with Crippen molar-refractivity contribution in [1.29, 1.82) is 0 Å². The van der Waals surface area contributed by atoms with Crippen LogP contribution in [0.1, 0.15) is 51.7 Å². The molecule has 3 rings (SSSR count). The van der Waals surface area contributed by atoms with Crippen LogP contribution in [-0.2, 0) is 11.0 Å². The van der Waals surface area contributed by atoms with E-state index >= 15 is 0 Å². The molecule has 4 heteroatoms. The van der Waals surface area contributed by atoms with Crippen molar-refractivity contribution in [2.75, 3.05) is 0 Å². The molecule has 3 aromatic carbocycles. The molecule has 0 spiro atoms.